The van der Waals surface area contributed by atoms with Crippen LogP contribution < -0.4 is 0 Å². The molecule has 1 rings (SSSR count). The van der Waals surface area contributed by atoms with Crippen molar-refractivity contribution in [2.75, 3.05) is 6.61 Å². The fraction of sp³-hybridized carbons (Fsp3) is 0.643. The van der Waals surface area contributed by atoms with Crippen LogP contribution in [0.1, 0.15) is 58.2 Å². The van der Waals surface area contributed by atoms with Gasteiger partial charge in [0.05, 0.1) is 6.61 Å². The van der Waals surface area contributed by atoms with Gasteiger partial charge in [-0.3, -0.25) is 0 Å². The second-order valence-corrected chi connectivity index (χ2v) is 5.38. The van der Waals surface area contributed by atoms with Crippen LogP contribution >= 0.6 is 0 Å². The Kier molecular flexibility index (Phi) is 4.96. The molecule has 1 atom stereocenters. The molecule has 1 heterocycles. The van der Waals surface area contributed by atoms with E-state index < -0.39 is 12.1 Å². The first-order valence-electron chi connectivity index (χ1n) is 6.31. The van der Waals surface area contributed by atoms with Crippen LogP contribution in [0.4, 0.5) is 0 Å². The Morgan fingerprint density at radius 3 is 2.61 bits per heavy atom. The number of furan rings is 1. The van der Waals surface area contributed by atoms with Gasteiger partial charge in [-0.15, -0.1) is 0 Å². The molecule has 0 aromatic carbocycles. The highest BCUT2D eigenvalue weighted by molar-refractivity contribution is 5.75. The Morgan fingerprint density at radius 2 is 2.11 bits per heavy atom. The first-order valence-corrected chi connectivity index (χ1v) is 6.31. The van der Waals surface area contributed by atoms with E-state index in [0.29, 0.717) is 6.61 Å². The summed E-state index contributed by atoms with van der Waals surface area (Å²) in [6.45, 7) is 8.34. The summed E-state index contributed by atoms with van der Waals surface area (Å²) in [7, 11) is 0. The maximum atomic E-state index is 11.5. The summed E-state index contributed by atoms with van der Waals surface area (Å²) in [4.78, 5) is 11.5. The Balaban J connectivity index is 2.64. The molecule has 1 unspecified atom stereocenters. The summed E-state index contributed by atoms with van der Waals surface area (Å²) in [5, 5.41) is 9.80. The van der Waals surface area contributed by atoms with Gasteiger partial charge in [0.25, 0.3) is 0 Å². The Labute approximate surface area is 108 Å². The quantitative estimate of drug-likeness (QED) is 0.648. The molecule has 0 aliphatic heterocycles. The number of hydrogen-bond acceptors (Lipinski definition) is 4. The maximum Gasteiger partial charge on any atom is 0.342 e. The Morgan fingerprint density at radius 1 is 1.44 bits per heavy atom. The van der Waals surface area contributed by atoms with E-state index in [-0.39, 0.29) is 11.2 Å². The lowest BCUT2D eigenvalue weighted by atomic mass is 9.94. The highest BCUT2D eigenvalue weighted by atomic mass is 16.5. The first kappa shape index (κ1) is 14.8. The van der Waals surface area contributed by atoms with Crippen LogP contribution in [-0.4, -0.2) is 17.7 Å². The monoisotopic (exact) mass is 254 g/mol. The number of hydrogen-bond donors (Lipinski definition) is 1. The highest BCUT2D eigenvalue weighted by Gasteiger charge is 2.25. The summed E-state index contributed by atoms with van der Waals surface area (Å²) >= 11 is 0. The van der Waals surface area contributed by atoms with E-state index in [1.54, 1.807) is 12.1 Å². The zero-order valence-corrected chi connectivity index (χ0v) is 11.5. The van der Waals surface area contributed by atoms with E-state index in [9.17, 15) is 9.90 Å². The summed E-state index contributed by atoms with van der Waals surface area (Å²) in [6, 6.07) is 3.39. The first-order chi connectivity index (χ1) is 8.36. The molecule has 1 N–H and O–H groups in total. The minimum atomic E-state index is -1.34. The zero-order chi connectivity index (χ0) is 13.8. The summed E-state index contributed by atoms with van der Waals surface area (Å²) in [6.07, 6.45) is 0.403. The Hall–Kier alpha value is -1.29. The molecule has 0 aliphatic carbocycles. The van der Waals surface area contributed by atoms with Gasteiger partial charge in [-0.05, 0) is 18.6 Å². The van der Waals surface area contributed by atoms with Gasteiger partial charge in [0.2, 0.25) is 6.10 Å². The van der Waals surface area contributed by atoms with Gasteiger partial charge in [0.1, 0.15) is 11.5 Å². The minimum absolute atomic E-state index is 0.149. The SMILES string of the molecule is CCCCOC(=O)C(O)c1ccc(C(C)(C)C)o1. The lowest BCUT2D eigenvalue weighted by molar-refractivity contribution is -0.155. The number of carbonyl (C=O) groups is 1. The van der Waals surface area contributed by atoms with Crippen molar-refractivity contribution in [3.8, 4) is 0 Å². The third-order valence-corrected chi connectivity index (χ3v) is 2.60. The zero-order valence-electron chi connectivity index (χ0n) is 11.5. The standard InChI is InChI=1S/C14H22O4/c1-5-6-9-17-13(16)12(15)10-7-8-11(18-10)14(2,3)4/h7-8,12,15H,5-6,9H2,1-4H3. The third-order valence-electron chi connectivity index (χ3n) is 2.60. The maximum absolute atomic E-state index is 11.5. The van der Waals surface area contributed by atoms with Crippen LogP contribution in [0.5, 0.6) is 0 Å². The second kappa shape index (κ2) is 6.05. The molecule has 0 bridgehead atoms. The smallest absolute Gasteiger partial charge is 0.342 e. The molecule has 0 spiro atoms. The lowest BCUT2D eigenvalue weighted by Gasteiger charge is -2.14. The molecule has 102 valence electrons. The van der Waals surface area contributed by atoms with E-state index in [0.717, 1.165) is 18.6 Å². The van der Waals surface area contributed by atoms with Crippen LogP contribution in [-0.2, 0) is 14.9 Å². The average Bonchev–Trinajstić information content (AvgIpc) is 2.77. The van der Waals surface area contributed by atoms with E-state index in [1.807, 2.05) is 27.7 Å². The fourth-order valence-corrected chi connectivity index (χ4v) is 1.42. The molecular formula is C14H22O4. The van der Waals surface area contributed by atoms with Gasteiger partial charge < -0.3 is 14.3 Å². The largest absolute Gasteiger partial charge is 0.463 e. The van der Waals surface area contributed by atoms with Crippen molar-refractivity contribution in [3.05, 3.63) is 23.7 Å². The molecule has 4 heteroatoms. The van der Waals surface area contributed by atoms with Crippen molar-refractivity contribution in [3.63, 3.8) is 0 Å². The van der Waals surface area contributed by atoms with Gasteiger partial charge in [-0.2, -0.15) is 0 Å². The van der Waals surface area contributed by atoms with Gasteiger partial charge in [0.15, 0.2) is 0 Å². The van der Waals surface area contributed by atoms with Crippen molar-refractivity contribution in [2.24, 2.45) is 0 Å². The number of unbranched alkanes of at least 4 members (excludes halogenated alkanes) is 1. The van der Waals surface area contributed by atoms with Gasteiger partial charge >= 0.3 is 5.97 Å². The molecule has 0 saturated carbocycles. The van der Waals surface area contributed by atoms with Crippen LogP contribution in [0.15, 0.2) is 16.5 Å². The average molecular weight is 254 g/mol. The fourth-order valence-electron chi connectivity index (χ4n) is 1.42. The number of aliphatic hydroxyl groups excluding tert-OH is 1. The molecular weight excluding hydrogens is 232 g/mol. The van der Waals surface area contributed by atoms with Gasteiger partial charge in [0, 0.05) is 5.41 Å². The van der Waals surface area contributed by atoms with Crippen LogP contribution in [0.25, 0.3) is 0 Å². The second-order valence-electron chi connectivity index (χ2n) is 5.38. The summed E-state index contributed by atoms with van der Waals surface area (Å²) in [5.41, 5.74) is -0.149. The summed E-state index contributed by atoms with van der Waals surface area (Å²) < 4.78 is 10.4. The Bertz CT molecular complexity index is 387. The van der Waals surface area contributed by atoms with Crippen molar-refractivity contribution < 1.29 is 19.1 Å². The number of aliphatic hydroxyl groups is 1. The van der Waals surface area contributed by atoms with E-state index in [4.69, 9.17) is 9.15 Å². The molecule has 18 heavy (non-hydrogen) atoms. The van der Waals surface area contributed by atoms with Gasteiger partial charge in [-0.25, -0.2) is 4.79 Å². The molecule has 4 nitrogen and oxygen atoms in total. The van der Waals surface area contributed by atoms with Crippen molar-refractivity contribution in [1.29, 1.82) is 0 Å². The topological polar surface area (TPSA) is 59.7 Å². The van der Waals surface area contributed by atoms with E-state index in [2.05, 4.69) is 0 Å². The normalized spacial score (nSPS) is 13.4. The van der Waals surface area contributed by atoms with E-state index >= 15 is 0 Å². The summed E-state index contributed by atoms with van der Waals surface area (Å²) in [5.74, 6) is 0.317. The van der Waals surface area contributed by atoms with E-state index in [1.165, 1.54) is 0 Å². The molecule has 0 saturated heterocycles. The minimum Gasteiger partial charge on any atom is -0.463 e. The molecule has 0 radical (unpaired) electrons. The third kappa shape index (κ3) is 3.88. The number of esters is 1. The highest BCUT2D eigenvalue weighted by Crippen LogP contribution is 2.27. The van der Waals surface area contributed by atoms with Gasteiger partial charge in [-0.1, -0.05) is 34.1 Å². The van der Waals surface area contributed by atoms with Crippen molar-refractivity contribution in [2.45, 2.75) is 52.1 Å². The number of rotatable bonds is 5. The molecule has 0 amide bonds. The molecule has 1 aromatic heterocycles. The lowest BCUT2D eigenvalue weighted by Crippen LogP contribution is -2.16. The van der Waals surface area contributed by atoms with Crippen molar-refractivity contribution in [1.82, 2.24) is 0 Å². The molecule has 0 fully saturated rings. The van der Waals surface area contributed by atoms with Crippen LogP contribution in [0.2, 0.25) is 0 Å². The number of ether oxygens (including phenoxy) is 1. The molecule has 1 aromatic rings. The van der Waals surface area contributed by atoms with Crippen LogP contribution in [0.3, 0.4) is 0 Å². The predicted molar refractivity (Wildman–Crippen MR) is 68.2 cm³/mol. The molecule has 0 aliphatic rings. The van der Waals surface area contributed by atoms with Crippen LogP contribution in [0, 0.1) is 0 Å². The van der Waals surface area contributed by atoms with Crippen molar-refractivity contribution >= 4 is 5.97 Å². The predicted octanol–water partition coefficient (Wildman–Crippen LogP) is 2.95. The number of carbonyl (C=O) groups excluding carboxylic acids is 1.